The molecule has 7 heteroatoms. The van der Waals surface area contributed by atoms with Crippen LogP contribution < -0.4 is 5.32 Å². The van der Waals surface area contributed by atoms with Crippen LogP contribution in [0, 0.1) is 0 Å². The molecule has 124 valence electrons. The summed E-state index contributed by atoms with van der Waals surface area (Å²) in [6.45, 7) is 0.701. The average molecular weight is 335 g/mol. The number of nitrogens with zero attached hydrogens (tertiary/aromatic N) is 2. The van der Waals surface area contributed by atoms with Gasteiger partial charge >= 0.3 is 6.03 Å². The van der Waals surface area contributed by atoms with Gasteiger partial charge in [-0.15, -0.1) is 11.3 Å². The molecule has 6 nitrogen and oxygen atoms in total. The van der Waals surface area contributed by atoms with Crippen LogP contribution in [0.2, 0.25) is 0 Å². The number of anilines is 1. The third kappa shape index (κ3) is 4.11. The number of urea groups is 1. The maximum Gasteiger partial charge on any atom is 0.323 e. The summed E-state index contributed by atoms with van der Waals surface area (Å²) >= 11 is 1.40. The van der Waals surface area contributed by atoms with Crippen LogP contribution >= 0.6 is 11.3 Å². The predicted octanol–water partition coefficient (Wildman–Crippen LogP) is 3.64. The van der Waals surface area contributed by atoms with Crippen LogP contribution in [0.15, 0.2) is 34.4 Å². The van der Waals surface area contributed by atoms with E-state index in [4.69, 9.17) is 4.42 Å². The number of nitrogens with one attached hydrogen (secondary N) is 1. The number of thiazole rings is 1. The van der Waals surface area contributed by atoms with E-state index in [-0.39, 0.29) is 12.1 Å². The lowest BCUT2D eigenvalue weighted by molar-refractivity contribution is 0.0987. The number of rotatable bonds is 4. The Morgan fingerprint density at radius 3 is 3.17 bits per heavy atom. The molecule has 3 heterocycles. The first kappa shape index (κ1) is 16.0. The molecule has 0 radical (unpaired) electrons. The Balaban J connectivity index is 1.68. The molecule has 0 aliphatic carbocycles. The van der Waals surface area contributed by atoms with Crippen molar-refractivity contribution >= 4 is 22.5 Å². The van der Waals surface area contributed by atoms with Crippen molar-refractivity contribution < 1.29 is 14.3 Å². The van der Waals surface area contributed by atoms with E-state index in [1.165, 1.54) is 11.3 Å². The molecule has 1 saturated heterocycles. The van der Waals surface area contributed by atoms with E-state index in [1.807, 2.05) is 10.3 Å². The van der Waals surface area contributed by atoms with Gasteiger partial charge in [-0.2, -0.15) is 0 Å². The maximum absolute atomic E-state index is 12.6. The van der Waals surface area contributed by atoms with Gasteiger partial charge in [0, 0.05) is 30.6 Å². The van der Waals surface area contributed by atoms with Crippen LogP contribution in [-0.4, -0.2) is 33.6 Å². The van der Waals surface area contributed by atoms with E-state index < -0.39 is 6.10 Å². The highest BCUT2D eigenvalue weighted by Gasteiger charge is 2.28. The second-order valence-corrected chi connectivity index (χ2v) is 6.63. The van der Waals surface area contributed by atoms with Crippen molar-refractivity contribution in [2.45, 2.75) is 44.2 Å². The van der Waals surface area contributed by atoms with E-state index in [2.05, 4.69) is 10.3 Å². The molecular weight excluding hydrogens is 314 g/mol. The normalized spacial score (nSPS) is 20.0. The van der Waals surface area contributed by atoms with Gasteiger partial charge in [0.2, 0.25) is 0 Å². The number of aliphatic hydroxyl groups excluding tert-OH is 1. The number of amides is 2. The van der Waals surface area contributed by atoms with Gasteiger partial charge in [-0.1, -0.05) is 12.8 Å². The van der Waals surface area contributed by atoms with Crippen molar-refractivity contribution in [3.05, 3.63) is 35.7 Å². The largest absolute Gasteiger partial charge is 0.467 e. The predicted molar refractivity (Wildman–Crippen MR) is 88.4 cm³/mol. The fourth-order valence-electron chi connectivity index (χ4n) is 2.99. The van der Waals surface area contributed by atoms with Crippen LogP contribution in [0.4, 0.5) is 9.93 Å². The standard InChI is InChI=1S/C16H21N3O3S/c20-13(14-6-4-9-22-14)11-12-5-2-1-3-8-19(12)16(21)18-15-17-7-10-23-15/h4,6-7,9-10,12-13,20H,1-3,5,8,11H2,(H,17,18,21)/t12-,13-/m0/s1. The number of hydrogen-bond acceptors (Lipinski definition) is 5. The molecule has 0 saturated carbocycles. The van der Waals surface area contributed by atoms with Crippen LogP contribution in [0.1, 0.15) is 44.0 Å². The SMILES string of the molecule is O=C(Nc1nccs1)N1CCCCC[C@H]1C[C@H](O)c1ccco1. The highest BCUT2D eigenvalue weighted by Crippen LogP contribution is 2.27. The Hall–Kier alpha value is -1.86. The lowest BCUT2D eigenvalue weighted by atomic mass is 10.0. The van der Waals surface area contributed by atoms with Crippen LogP contribution in [-0.2, 0) is 0 Å². The van der Waals surface area contributed by atoms with E-state index in [9.17, 15) is 9.90 Å². The van der Waals surface area contributed by atoms with Crippen molar-refractivity contribution in [1.82, 2.24) is 9.88 Å². The Kier molecular flexibility index (Phi) is 5.30. The molecule has 1 fully saturated rings. The molecule has 2 N–H and O–H groups in total. The van der Waals surface area contributed by atoms with Gasteiger partial charge in [-0.25, -0.2) is 9.78 Å². The monoisotopic (exact) mass is 335 g/mol. The van der Waals surface area contributed by atoms with Crippen molar-refractivity contribution in [1.29, 1.82) is 0 Å². The fourth-order valence-corrected chi connectivity index (χ4v) is 3.51. The Labute approximate surface area is 139 Å². The van der Waals surface area contributed by atoms with E-state index in [1.54, 1.807) is 24.6 Å². The second-order valence-electron chi connectivity index (χ2n) is 5.73. The highest BCUT2D eigenvalue weighted by molar-refractivity contribution is 7.13. The van der Waals surface area contributed by atoms with Crippen LogP contribution in [0.5, 0.6) is 0 Å². The lowest BCUT2D eigenvalue weighted by Crippen LogP contribution is -2.43. The van der Waals surface area contributed by atoms with Crippen molar-refractivity contribution in [2.75, 3.05) is 11.9 Å². The molecule has 23 heavy (non-hydrogen) atoms. The van der Waals surface area contributed by atoms with Gasteiger partial charge in [-0.3, -0.25) is 5.32 Å². The molecule has 0 aromatic carbocycles. The van der Waals surface area contributed by atoms with Crippen molar-refractivity contribution in [3.8, 4) is 0 Å². The summed E-state index contributed by atoms with van der Waals surface area (Å²) in [7, 11) is 0. The summed E-state index contributed by atoms with van der Waals surface area (Å²) in [6.07, 6.45) is 7.06. The first-order valence-corrected chi connectivity index (χ1v) is 8.80. The maximum atomic E-state index is 12.6. The minimum absolute atomic E-state index is 0.00226. The van der Waals surface area contributed by atoms with E-state index in [0.29, 0.717) is 23.9 Å². The summed E-state index contributed by atoms with van der Waals surface area (Å²) in [5.74, 6) is 0.550. The second kappa shape index (κ2) is 7.61. The number of furan rings is 1. The zero-order chi connectivity index (χ0) is 16.1. The zero-order valence-electron chi connectivity index (χ0n) is 12.9. The van der Waals surface area contributed by atoms with E-state index >= 15 is 0 Å². The topological polar surface area (TPSA) is 78.6 Å². The van der Waals surface area contributed by atoms with Crippen molar-refractivity contribution in [2.24, 2.45) is 0 Å². The summed E-state index contributed by atoms with van der Waals surface area (Å²) < 4.78 is 5.27. The van der Waals surface area contributed by atoms with Gasteiger partial charge in [0.15, 0.2) is 5.13 Å². The molecule has 2 atom stereocenters. The van der Waals surface area contributed by atoms with E-state index in [0.717, 1.165) is 25.7 Å². The molecule has 0 bridgehead atoms. The third-order valence-corrected chi connectivity index (χ3v) is 4.84. The number of carbonyl (C=O) groups excluding carboxylic acids is 1. The quantitative estimate of drug-likeness (QED) is 0.894. The number of hydrogen-bond donors (Lipinski definition) is 2. The number of likely N-dealkylation sites (tertiary alicyclic amines) is 1. The minimum atomic E-state index is -0.691. The minimum Gasteiger partial charge on any atom is -0.467 e. The highest BCUT2D eigenvalue weighted by atomic mass is 32.1. The average Bonchev–Trinajstić information content (AvgIpc) is 3.19. The van der Waals surface area contributed by atoms with Crippen LogP contribution in [0.3, 0.4) is 0 Å². The Bertz CT molecular complexity index is 600. The first-order valence-electron chi connectivity index (χ1n) is 7.92. The number of carbonyl (C=O) groups is 1. The molecule has 2 amide bonds. The van der Waals surface area contributed by atoms with Gasteiger partial charge in [0.25, 0.3) is 0 Å². The molecule has 3 rings (SSSR count). The van der Waals surface area contributed by atoms with Crippen LogP contribution in [0.25, 0.3) is 0 Å². The fraction of sp³-hybridized carbons (Fsp3) is 0.500. The van der Waals surface area contributed by atoms with Gasteiger partial charge < -0.3 is 14.4 Å². The number of aliphatic hydroxyl groups is 1. The number of aromatic nitrogens is 1. The molecule has 0 spiro atoms. The Morgan fingerprint density at radius 1 is 1.52 bits per heavy atom. The summed E-state index contributed by atoms with van der Waals surface area (Å²) in [5.41, 5.74) is 0. The summed E-state index contributed by atoms with van der Waals surface area (Å²) in [6, 6.07) is 3.39. The summed E-state index contributed by atoms with van der Waals surface area (Å²) in [5, 5.41) is 15.6. The lowest BCUT2D eigenvalue weighted by Gasteiger charge is -2.31. The van der Waals surface area contributed by atoms with Crippen molar-refractivity contribution in [3.63, 3.8) is 0 Å². The zero-order valence-corrected chi connectivity index (χ0v) is 13.7. The first-order chi connectivity index (χ1) is 11.2. The smallest absolute Gasteiger partial charge is 0.323 e. The molecule has 2 aromatic heterocycles. The summed E-state index contributed by atoms with van der Waals surface area (Å²) in [4.78, 5) is 18.5. The third-order valence-electron chi connectivity index (χ3n) is 4.15. The molecule has 1 aliphatic rings. The molecular formula is C16H21N3O3S. The van der Waals surface area contributed by atoms with Gasteiger partial charge in [0.05, 0.1) is 6.26 Å². The van der Waals surface area contributed by atoms with Gasteiger partial charge in [0.1, 0.15) is 11.9 Å². The Morgan fingerprint density at radius 2 is 2.43 bits per heavy atom. The molecule has 1 aliphatic heterocycles. The van der Waals surface area contributed by atoms with Gasteiger partial charge in [-0.05, 0) is 25.0 Å². The molecule has 2 aromatic rings. The molecule has 0 unspecified atom stereocenters.